The lowest BCUT2D eigenvalue weighted by atomic mass is 10.2. The minimum atomic E-state index is 0.549. The second-order valence-corrected chi connectivity index (χ2v) is 4.06. The predicted molar refractivity (Wildman–Crippen MR) is 72.1 cm³/mol. The average Bonchev–Trinajstić information content (AvgIpc) is 2.40. The number of benzene rings is 1. The first-order chi connectivity index (χ1) is 8.78. The summed E-state index contributed by atoms with van der Waals surface area (Å²) in [5.74, 6) is 1.93. The maximum atomic E-state index is 5.66. The highest BCUT2D eigenvalue weighted by Crippen LogP contribution is 2.19. The molecule has 4 heteroatoms. The van der Waals surface area contributed by atoms with Gasteiger partial charge in [0.1, 0.15) is 5.75 Å². The third-order valence-electron chi connectivity index (χ3n) is 2.41. The van der Waals surface area contributed by atoms with Crippen molar-refractivity contribution in [1.82, 2.24) is 9.97 Å². The molecule has 1 aromatic heterocycles. The number of anilines is 1. The smallest absolute Gasteiger partial charge is 0.225 e. The molecule has 0 saturated carbocycles. The molecule has 0 amide bonds. The lowest BCUT2D eigenvalue weighted by molar-refractivity contribution is 0.462. The van der Waals surface area contributed by atoms with Crippen LogP contribution in [0.3, 0.4) is 0 Å². The van der Waals surface area contributed by atoms with Crippen LogP contribution in [0.2, 0.25) is 0 Å². The Morgan fingerprint density at radius 2 is 1.94 bits per heavy atom. The lowest BCUT2D eigenvalue weighted by Crippen LogP contribution is -2.04. The Morgan fingerprint density at radius 1 is 1.17 bits per heavy atom. The third kappa shape index (κ3) is 3.45. The van der Waals surface area contributed by atoms with Crippen molar-refractivity contribution in [3.05, 3.63) is 42.1 Å². The van der Waals surface area contributed by atoms with Crippen LogP contribution in [0.4, 0.5) is 5.95 Å². The SMILES string of the molecule is CCCNc1nccc(Oc2ccc(C)cc2)n1. The highest BCUT2D eigenvalue weighted by molar-refractivity contribution is 5.32. The van der Waals surface area contributed by atoms with E-state index in [0.717, 1.165) is 18.7 Å². The molecule has 0 fully saturated rings. The van der Waals surface area contributed by atoms with Crippen LogP contribution in [-0.2, 0) is 0 Å². The van der Waals surface area contributed by atoms with Crippen molar-refractivity contribution in [1.29, 1.82) is 0 Å². The van der Waals surface area contributed by atoms with Crippen LogP contribution in [0.5, 0.6) is 11.6 Å². The molecule has 0 aliphatic rings. The van der Waals surface area contributed by atoms with Crippen molar-refractivity contribution >= 4 is 5.95 Å². The van der Waals surface area contributed by atoms with Crippen molar-refractivity contribution in [2.75, 3.05) is 11.9 Å². The molecule has 0 bridgehead atoms. The van der Waals surface area contributed by atoms with Gasteiger partial charge in [0.2, 0.25) is 11.8 Å². The average molecular weight is 243 g/mol. The van der Waals surface area contributed by atoms with E-state index in [4.69, 9.17) is 4.74 Å². The summed E-state index contributed by atoms with van der Waals surface area (Å²) >= 11 is 0. The maximum absolute atomic E-state index is 5.66. The second-order valence-electron chi connectivity index (χ2n) is 4.06. The molecule has 94 valence electrons. The molecular formula is C14H17N3O. The Balaban J connectivity index is 2.06. The number of hydrogen-bond donors (Lipinski definition) is 1. The number of ether oxygens (including phenoxy) is 1. The van der Waals surface area contributed by atoms with Gasteiger partial charge in [0.25, 0.3) is 0 Å². The summed E-state index contributed by atoms with van der Waals surface area (Å²) in [5, 5.41) is 3.13. The van der Waals surface area contributed by atoms with E-state index in [1.54, 1.807) is 12.3 Å². The monoisotopic (exact) mass is 243 g/mol. The summed E-state index contributed by atoms with van der Waals surface area (Å²) in [6.07, 6.45) is 2.72. The van der Waals surface area contributed by atoms with Gasteiger partial charge in [-0.3, -0.25) is 0 Å². The van der Waals surface area contributed by atoms with Gasteiger partial charge in [-0.1, -0.05) is 24.6 Å². The minimum absolute atomic E-state index is 0.549. The fraction of sp³-hybridized carbons (Fsp3) is 0.286. The van der Waals surface area contributed by atoms with Gasteiger partial charge in [0, 0.05) is 18.8 Å². The first-order valence-corrected chi connectivity index (χ1v) is 6.09. The van der Waals surface area contributed by atoms with E-state index in [9.17, 15) is 0 Å². The molecule has 0 aliphatic heterocycles. The predicted octanol–water partition coefficient (Wildman–Crippen LogP) is 3.40. The van der Waals surface area contributed by atoms with E-state index < -0.39 is 0 Å². The number of aryl methyl sites for hydroxylation is 1. The van der Waals surface area contributed by atoms with Crippen LogP contribution in [0, 0.1) is 6.92 Å². The molecular weight excluding hydrogens is 226 g/mol. The van der Waals surface area contributed by atoms with Crippen molar-refractivity contribution in [2.24, 2.45) is 0 Å². The zero-order valence-electron chi connectivity index (χ0n) is 10.7. The number of hydrogen-bond acceptors (Lipinski definition) is 4. The first kappa shape index (κ1) is 12.4. The van der Waals surface area contributed by atoms with E-state index in [2.05, 4.69) is 22.2 Å². The lowest BCUT2D eigenvalue weighted by Gasteiger charge is -2.07. The van der Waals surface area contributed by atoms with Gasteiger partial charge in [-0.25, -0.2) is 4.98 Å². The standard InChI is InChI=1S/C14H17N3O/c1-3-9-15-14-16-10-8-13(17-14)18-12-6-4-11(2)5-7-12/h4-8,10H,3,9H2,1-2H3,(H,15,16,17). The number of rotatable bonds is 5. The van der Waals surface area contributed by atoms with Crippen LogP contribution in [0.1, 0.15) is 18.9 Å². The fourth-order valence-corrected chi connectivity index (χ4v) is 1.45. The van der Waals surface area contributed by atoms with Crippen LogP contribution in [0.15, 0.2) is 36.5 Å². The molecule has 2 aromatic rings. The van der Waals surface area contributed by atoms with Gasteiger partial charge in [0.05, 0.1) is 0 Å². The molecule has 1 heterocycles. The molecule has 0 atom stereocenters. The summed E-state index contributed by atoms with van der Waals surface area (Å²) in [7, 11) is 0. The van der Waals surface area contributed by atoms with E-state index in [1.807, 2.05) is 31.2 Å². The van der Waals surface area contributed by atoms with Gasteiger partial charge < -0.3 is 10.1 Å². The quantitative estimate of drug-likeness (QED) is 0.874. The second kappa shape index (κ2) is 6.00. The van der Waals surface area contributed by atoms with Crippen LogP contribution in [0.25, 0.3) is 0 Å². The van der Waals surface area contributed by atoms with Crippen molar-refractivity contribution in [3.8, 4) is 11.6 Å². The van der Waals surface area contributed by atoms with E-state index in [1.165, 1.54) is 5.56 Å². The Hall–Kier alpha value is -2.10. The molecule has 2 rings (SSSR count). The zero-order valence-corrected chi connectivity index (χ0v) is 10.7. The zero-order chi connectivity index (χ0) is 12.8. The topological polar surface area (TPSA) is 47.0 Å². The largest absolute Gasteiger partial charge is 0.439 e. The molecule has 1 aromatic carbocycles. The highest BCUT2D eigenvalue weighted by atomic mass is 16.5. The highest BCUT2D eigenvalue weighted by Gasteiger charge is 2.01. The summed E-state index contributed by atoms with van der Waals surface area (Å²) < 4.78 is 5.66. The van der Waals surface area contributed by atoms with Gasteiger partial charge >= 0.3 is 0 Å². The van der Waals surface area contributed by atoms with E-state index in [-0.39, 0.29) is 0 Å². The minimum Gasteiger partial charge on any atom is -0.439 e. The Labute approximate surface area is 107 Å². The molecule has 4 nitrogen and oxygen atoms in total. The molecule has 0 radical (unpaired) electrons. The summed E-state index contributed by atoms with van der Waals surface area (Å²) in [6.45, 7) is 4.99. The van der Waals surface area contributed by atoms with Gasteiger partial charge in [-0.05, 0) is 25.5 Å². The normalized spacial score (nSPS) is 10.1. The third-order valence-corrected chi connectivity index (χ3v) is 2.41. The Kier molecular flexibility index (Phi) is 4.12. The van der Waals surface area contributed by atoms with Crippen molar-refractivity contribution < 1.29 is 4.74 Å². The summed E-state index contributed by atoms with van der Waals surface area (Å²) in [5.41, 5.74) is 1.20. The maximum Gasteiger partial charge on any atom is 0.225 e. The molecule has 0 spiro atoms. The summed E-state index contributed by atoms with van der Waals surface area (Å²) in [6, 6.07) is 9.61. The number of aromatic nitrogens is 2. The molecule has 0 saturated heterocycles. The Morgan fingerprint density at radius 3 is 2.67 bits per heavy atom. The van der Waals surface area contributed by atoms with Crippen LogP contribution in [-0.4, -0.2) is 16.5 Å². The molecule has 1 N–H and O–H groups in total. The van der Waals surface area contributed by atoms with Crippen molar-refractivity contribution in [3.63, 3.8) is 0 Å². The Bertz CT molecular complexity index is 497. The van der Waals surface area contributed by atoms with E-state index in [0.29, 0.717) is 11.8 Å². The van der Waals surface area contributed by atoms with E-state index >= 15 is 0 Å². The van der Waals surface area contributed by atoms with Crippen molar-refractivity contribution in [2.45, 2.75) is 20.3 Å². The van der Waals surface area contributed by atoms with Gasteiger partial charge in [-0.15, -0.1) is 0 Å². The fourth-order valence-electron chi connectivity index (χ4n) is 1.45. The van der Waals surface area contributed by atoms with Crippen LogP contribution < -0.4 is 10.1 Å². The van der Waals surface area contributed by atoms with Gasteiger partial charge in [-0.2, -0.15) is 4.98 Å². The number of nitrogens with one attached hydrogen (secondary N) is 1. The van der Waals surface area contributed by atoms with Gasteiger partial charge in [0.15, 0.2) is 0 Å². The van der Waals surface area contributed by atoms with Crippen LogP contribution >= 0.6 is 0 Å². The summed E-state index contributed by atoms with van der Waals surface area (Å²) in [4.78, 5) is 8.41. The molecule has 0 aliphatic carbocycles. The molecule has 0 unspecified atom stereocenters. The first-order valence-electron chi connectivity index (χ1n) is 6.09. The molecule has 18 heavy (non-hydrogen) atoms. The number of nitrogens with zero attached hydrogens (tertiary/aromatic N) is 2.